The number of rotatable bonds is 3. The fourth-order valence-electron chi connectivity index (χ4n) is 4.51. The number of nitriles is 1. The van der Waals surface area contributed by atoms with Crippen molar-refractivity contribution < 1.29 is 0 Å². The van der Waals surface area contributed by atoms with E-state index in [0.717, 1.165) is 41.1 Å². The number of hydrogen-bond donors (Lipinski definition) is 1. The topological polar surface area (TPSA) is 114 Å². The molecule has 1 saturated heterocycles. The van der Waals surface area contributed by atoms with Crippen LogP contribution in [0.1, 0.15) is 5.56 Å². The molecule has 0 bridgehead atoms. The van der Waals surface area contributed by atoms with Crippen molar-refractivity contribution in [3.8, 4) is 28.5 Å². The number of pyridine rings is 1. The molecule has 0 spiro atoms. The number of hydrogen-bond acceptors (Lipinski definition) is 7. The van der Waals surface area contributed by atoms with Crippen LogP contribution in [0.5, 0.6) is 0 Å². The monoisotopic (exact) mass is 433 g/mol. The van der Waals surface area contributed by atoms with E-state index in [0.29, 0.717) is 29.1 Å². The molecule has 0 radical (unpaired) electrons. The van der Waals surface area contributed by atoms with E-state index in [9.17, 15) is 5.26 Å². The molecule has 1 saturated carbocycles. The molecule has 5 heterocycles. The summed E-state index contributed by atoms with van der Waals surface area (Å²) in [6, 6.07) is 4.59. The highest BCUT2D eigenvalue weighted by atomic mass is 35.5. The lowest BCUT2D eigenvalue weighted by atomic mass is 10.0. The van der Waals surface area contributed by atoms with E-state index in [4.69, 9.17) is 10.7 Å². The van der Waals surface area contributed by atoms with Crippen LogP contribution in [0.2, 0.25) is 0 Å². The Hall–Kier alpha value is -3.48. The van der Waals surface area contributed by atoms with Crippen molar-refractivity contribution in [2.75, 3.05) is 18.0 Å². The number of nitrogens with zero attached hydrogens (tertiary/aromatic N) is 8. The molecule has 9 nitrogen and oxygen atoms in total. The van der Waals surface area contributed by atoms with Gasteiger partial charge in [0.2, 0.25) is 0 Å². The number of aromatic nitrogens is 6. The van der Waals surface area contributed by atoms with E-state index in [-0.39, 0.29) is 12.4 Å². The van der Waals surface area contributed by atoms with E-state index in [1.54, 1.807) is 34.0 Å². The summed E-state index contributed by atoms with van der Waals surface area (Å²) >= 11 is 0. The molecular weight excluding hydrogens is 414 g/mol. The molecule has 3 atom stereocenters. The van der Waals surface area contributed by atoms with Gasteiger partial charge in [0.05, 0.1) is 41.6 Å². The second-order valence-corrected chi connectivity index (χ2v) is 8.08. The lowest BCUT2D eigenvalue weighted by molar-refractivity contribution is 0.734. The van der Waals surface area contributed by atoms with Gasteiger partial charge in [0.15, 0.2) is 0 Å². The van der Waals surface area contributed by atoms with Gasteiger partial charge in [0, 0.05) is 55.3 Å². The third kappa shape index (κ3) is 3.03. The molecule has 2 fully saturated rings. The van der Waals surface area contributed by atoms with Crippen LogP contribution in [0, 0.1) is 23.2 Å². The van der Waals surface area contributed by atoms with Crippen LogP contribution >= 0.6 is 12.4 Å². The first-order valence-corrected chi connectivity index (χ1v) is 9.86. The van der Waals surface area contributed by atoms with Gasteiger partial charge in [-0.2, -0.15) is 15.5 Å². The van der Waals surface area contributed by atoms with Gasteiger partial charge in [-0.05, 0) is 17.9 Å². The summed E-state index contributed by atoms with van der Waals surface area (Å²) in [5.41, 5.74) is 10.7. The van der Waals surface area contributed by atoms with Crippen molar-refractivity contribution in [3.05, 3.63) is 48.8 Å². The first-order chi connectivity index (χ1) is 14.6. The smallest absolute Gasteiger partial charge is 0.147 e. The molecule has 2 aliphatic rings. The number of fused-ring (bicyclic) bond motifs is 2. The standard InChI is InChI=1S/C21H19N9.ClH/c1-28-8-14(5-26-28)12-2-15(21-13(3-22)4-27-30(21)9-12)18-6-25-19(7-24-18)29-10-16-17(11-29)20(16)23;/h2,4-9,16-17,20H,10-11,23H2,1H3;1H/t16-,17+,20?;. The minimum absolute atomic E-state index is 0. The maximum atomic E-state index is 9.55. The highest BCUT2D eigenvalue weighted by molar-refractivity contribution is 5.86. The van der Waals surface area contributed by atoms with Crippen LogP contribution in [0.25, 0.3) is 27.9 Å². The molecule has 6 rings (SSSR count). The number of aryl methyl sites for hydroxylation is 1. The van der Waals surface area contributed by atoms with Crippen LogP contribution in [0.4, 0.5) is 5.82 Å². The van der Waals surface area contributed by atoms with Crippen molar-refractivity contribution in [3.63, 3.8) is 0 Å². The third-order valence-electron chi connectivity index (χ3n) is 6.27. The Bertz CT molecular complexity index is 1310. The summed E-state index contributed by atoms with van der Waals surface area (Å²) in [6.07, 6.45) is 10.8. The maximum Gasteiger partial charge on any atom is 0.147 e. The van der Waals surface area contributed by atoms with E-state index in [1.165, 1.54) is 0 Å². The fourth-order valence-corrected chi connectivity index (χ4v) is 4.51. The van der Waals surface area contributed by atoms with E-state index in [2.05, 4.69) is 26.2 Å². The average molecular weight is 434 g/mol. The van der Waals surface area contributed by atoms with Crippen LogP contribution in [0.3, 0.4) is 0 Å². The summed E-state index contributed by atoms with van der Waals surface area (Å²) in [5, 5.41) is 18.2. The van der Waals surface area contributed by atoms with Crippen molar-refractivity contribution in [1.82, 2.24) is 29.4 Å². The maximum absolute atomic E-state index is 9.55. The molecule has 0 aromatic carbocycles. The minimum Gasteiger partial charge on any atom is -0.355 e. The van der Waals surface area contributed by atoms with Crippen LogP contribution in [-0.4, -0.2) is 48.5 Å². The van der Waals surface area contributed by atoms with Gasteiger partial charge in [-0.1, -0.05) is 0 Å². The first kappa shape index (κ1) is 19.5. The van der Waals surface area contributed by atoms with Gasteiger partial charge < -0.3 is 10.6 Å². The zero-order chi connectivity index (χ0) is 20.4. The normalized spacial score (nSPS) is 21.6. The Balaban J connectivity index is 0.00000204. The Labute approximate surface area is 184 Å². The highest BCUT2D eigenvalue weighted by Gasteiger charge is 2.53. The van der Waals surface area contributed by atoms with E-state index >= 15 is 0 Å². The minimum atomic E-state index is 0. The van der Waals surface area contributed by atoms with Gasteiger partial charge in [-0.25, -0.2) is 9.50 Å². The summed E-state index contributed by atoms with van der Waals surface area (Å²) in [6.45, 7) is 1.89. The van der Waals surface area contributed by atoms with Crippen molar-refractivity contribution in [2.24, 2.45) is 24.6 Å². The predicted molar refractivity (Wildman–Crippen MR) is 118 cm³/mol. The number of halogens is 1. The molecule has 1 aliphatic carbocycles. The molecule has 0 amide bonds. The van der Waals surface area contributed by atoms with Gasteiger partial charge in [-0.3, -0.25) is 9.67 Å². The zero-order valence-electron chi connectivity index (χ0n) is 16.8. The van der Waals surface area contributed by atoms with Crippen molar-refractivity contribution in [2.45, 2.75) is 6.04 Å². The van der Waals surface area contributed by atoms with Gasteiger partial charge in [0.1, 0.15) is 11.9 Å². The molecule has 1 aliphatic heterocycles. The second kappa shape index (κ2) is 7.04. The number of anilines is 1. The van der Waals surface area contributed by atoms with Crippen LogP contribution in [-0.2, 0) is 7.05 Å². The number of nitrogens with two attached hydrogens (primary N) is 1. The lowest BCUT2D eigenvalue weighted by Gasteiger charge is -2.19. The summed E-state index contributed by atoms with van der Waals surface area (Å²) < 4.78 is 3.48. The third-order valence-corrected chi connectivity index (χ3v) is 6.27. The quantitative estimate of drug-likeness (QED) is 0.524. The second-order valence-electron chi connectivity index (χ2n) is 8.08. The van der Waals surface area contributed by atoms with Crippen LogP contribution < -0.4 is 10.6 Å². The van der Waals surface area contributed by atoms with E-state index < -0.39 is 0 Å². The van der Waals surface area contributed by atoms with E-state index in [1.807, 2.05) is 25.5 Å². The van der Waals surface area contributed by atoms with Crippen molar-refractivity contribution >= 4 is 23.7 Å². The Morgan fingerprint density at radius 1 is 1.03 bits per heavy atom. The molecule has 156 valence electrons. The van der Waals surface area contributed by atoms with Crippen molar-refractivity contribution in [1.29, 1.82) is 5.26 Å². The zero-order valence-corrected chi connectivity index (χ0v) is 17.6. The fraction of sp³-hybridized carbons (Fsp3) is 0.286. The highest BCUT2D eigenvalue weighted by Crippen LogP contribution is 2.44. The van der Waals surface area contributed by atoms with Gasteiger partial charge in [-0.15, -0.1) is 12.4 Å². The summed E-state index contributed by atoms with van der Waals surface area (Å²) in [5.74, 6) is 2.05. The molecule has 31 heavy (non-hydrogen) atoms. The molecule has 1 unspecified atom stereocenters. The summed E-state index contributed by atoms with van der Waals surface area (Å²) in [7, 11) is 1.88. The lowest BCUT2D eigenvalue weighted by Crippen LogP contribution is -2.28. The Morgan fingerprint density at radius 2 is 1.84 bits per heavy atom. The summed E-state index contributed by atoms with van der Waals surface area (Å²) in [4.78, 5) is 11.6. The molecule has 10 heteroatoms. The molecule has 4 aromatic heterocycles. The average Bonchev–Trinajstić information content (AvgIpc) is 3.26. The van der Waals surface area contributed by atoms with Gasteiger partial charge >= 0.3 is 0 Å². The Kier molecular flexibility index (Phi) is 4.43. The molecular formula is C21H20ClN9. The largest absolute Gasteiger partial charge is 0.355 e. The molecule has 4 aromatic rings. The Morgan fingerprint density at radius 3 is 2.48 bits per heavy atom. The SMILES string of the molecule is Cl.Cn1cc(-c2cc(-c3cnc(N4C[C@@H]5C(N)[C@@H]5C4)cn3)c3c(C#N)cnn3c2)cn1. The predicted octanol–water partition coefficient (Wildman–Crippen LogP) is 1.88. The van der Waals surface area contributed by atoms with Gasteiger partial charge in [0.25, 0.3) is 0 Å². The molecule has 2 N–H and O–H groups in total. The number of piperidine rings is 1. The first-order valence-electron chi connectivity index (χ1n) is 9.86. The van der Waals surface area contributed by atoms with Crippen LogP contribution in [0.15, 0.2) is 43.2 Å².